The fourth-order valence-corrected chi connectivity index (χ4v) is 2.28. The largest absolute Gasteiger partial charge is 0.497 e. The standard InChI is InChI=1S/C19H20O5/c1-4-24-18-11-13(8-9-17(18)23-3)10-16(19(20)21)14-6-5-7-15(12-14)22-2/h5-12H,4H2,1-3H3,(H,20,21)/b16-10-. The van der Waals surface area contributed by atoms with Gasteiger partial charge in [-0.2, -0.15) is 0 Å². The Kier molecular flexibility index (Phi) is 5.84. The van der Waals surface area contributed by atoms with Gasteiger partial charge in [0.15, 0.2) is 11.5 Å². The van der Waals surface area contributed by atoms with Crippen LogP contribution in [-0.4, -0.2) is 31.9 Å². The summed E-state index contributed by atoms with van der Waals surface area (Å²) in [5, 5.41) is 9.56. The van der Waals surface area contributed by atoms with Crippen LogP contribution in [0.25, 0.3) is 11.6 Å². The Morgan fingerprint density at radius 1 is 1.08 bits per heavy atom. The molecule has 0 aliphatic heterocycles. The minimum absolute atomic E-state index is 0.168. The first-order chi connectivity index (χ1) is 11.6. The van der Waals surface area contributed by atoms with Gasteiger partial charge in [-0.3, -0.25) is 0 Å². The molecule has 5 heteroatoms. The predicted molar refractivity (Wildman–Crippen MR) is 92.7 cm³/mol. The van der Waals surface area contributed by atoms with E-state index in [2.05, 4.69) is 0 Å². The average molecular weight is 328 g/mol. The fourth-order valence-electron chi connectivity index (χ4n) is 2.28. The van der Waals surface area contributed by atoms with Crippen LogP contribution in [0.4, 0.5) is 0 Å². The molecular formula is C19H20O5. The van der Waals surface area contributed by atoms with Crippen LogP contribution in [0.1, 0.15) is 18.1 Å². The first-order valence-corrected chi connectivity index (χ1v) is 7.49. The van der Waals surface area contributed by atoms with E-state index in [9.17, 15) is 9.90 Å². The lowest BCUT2D eigenvalue weighted by Gasteiger charge is -2.10. The van der Waals surface area contributed by atoms with Gasteiger partial charge in [-0.1, -0.05) is 18.2 Å². The minimum atomic E-state index is -1.02. The molecule has 1 N–H and O–H groups in total. The van der Waals surface area contributed by atoms with E-state index in [1.807, 2.05) is 6.92 Å². The molecule has 0 bridgehead atoms. The van der Waals surface area contributed by atoms with E-state index in [0.717, 1.165) is 0 Å². The number of benzene rings is 2. The molecule has 0 aliphatic rings. The zero-order chi connectivity index (χ0) is 17.5. The Morgan fingerprint density at radius 3 is 2.50 bits per heavy atom. The summed E-state index contributed by atoms with van der Waals surface area (Å²) in [4.78, 5) is 11.7. The Morgan fingerprint density at radius 2 is 1.88 bits per heavy atom. The first-order valence-electron chi connectivity index (χ1n) is 7.49. The molecule has 0 unspecified atom stereocenters. The maximum Gasteiger partial charge on any atom is 0.336 e. The van der Waals surface area contributed by atoms with Crippen molar-refractivity contribution in [1.82, 2.24) is 0 Å². The number of methoxy groups -OCH3 is 2. The van der Waals surface area contributed by atoms with Crippen molar-refractivity contribution in [3.63, 3.8) is 0 Å². The summed E-state index contributed by atoms with van der Waals surface area (Å²) in [6, 6.07) is 12.2. The highest BCUT2D eigenvalue weighted by Gasteiger charge is 2.12. The molecule has 0 amide bonds. The molecular weight excluding hydrogens is 308 g/mol. The highest BCUT2D eigenvalue weighted by atomic mass is 16.5. The van der Waals surface area contributed by atoms with Crippen LogP contribution in [-0.2, 0) is 4.79 Å². The van der Waals surface area contributed by atoms with E-state index >= 15 is 0 Å². The zero-order valence-corrected chi connectivity index (χ0v) is 13.9. The van der Waals surface area contributed by atoms with Gasteiger partial charge in [0, 0.05) is 0 Å². The molecule has 126 valence electrons. The van der Waals surface area contributed by atoms with Crippen LogP contribution in [0.2, 0.25) is 0 Å². The van der Waals surface area contributed by atoms with Crippen molar-refractivity contribution in [2.45, 2.75) is 6.92 Å². The van der Waals surface area contributed by atoms with Crippen LogP contribution >= 0.6 is 0 Å². The number of hydrogen-bond donors (Lipinski definition) is 1. The zero-order valence-electron chi connectivity index (χ0n) is 13.9. The summed E-state index contributed by atoms with van der Waals surface area (Å²) in [6.45, 7) is 2.37. The molecule has 0 fully saturated rings. The Hall–Kier alpha value is -2.95. The lowest BCUT2D eigenvalue weighted by Crippen LogP contribution is -2.00. The van der Waals surface area contributed by atoms with E-state index in [1.165, 1.54) is 0 Å². The van der Waals surface area contributed by atoms with E-state index in [-0.39, 0.29) is 5.57 Å². The Bertz CT molecular complexity index is 749. The molecule has 2 aromatic carbocycles. The van der Waals surface area contributed by atoms with Crippen molar-refractivity contribution >= 4 is 17.6 Å². The van der Waals surface area contributed by atoms with E-state index in [0.29, 0.717) is 35.0 Å². The van der Waals surface area contributed by atoms with Gasteiger partial charge in [0.05, 0.1) is 26.4 Å². The number of hydrogen-bond acceptors (Lipinski definition) is 4. The van der Waals surface area contributed by atoms with Gasteiger partial charge in [-0.15, -0.1) is 0 Å². The third-order valence-corrected chi connectivity index (χ3v) is 3.41. The van der Waals surface area contributed by atoms with Crippen molar-refractivity contribution in [2.24, 2.45) is 0 Å². The fraction of sp³-hybridized carbons (Fsp3) is 0.211. The molecule has 0 heterocycles. The quantitative estimate of drug-likeness (QED) is 0.620. The summed E-state index contributed by atoms with van der Waals surface area (Å²) in [6.07, 6.45) is 1.60. The van der Waals surface area contributed by atoms with E-state index in [4.69, 9.17) is 14.2 Å². The first kappa shape index (κ1) is 17.4. The Labute approximate surface area is 141 Å². The molecule has 0 atom stereocenters. The normalized spacial score (nSPS) is 11.0. The summed E-state index contributed by atoms with van der Waals surface area (Å²) in [5.41, 5.74) is 1.44. The Balaban J connectivity index is 2.47. The minimum Gasteiger partial charge on any atom is -0.497 e. The molecule has 2 aromatic rings. The van der Waals surface area contributed by atoms with Crippen LogP contribution in [0.5, 0.6) is 17.2 Å². The van der Waals surface area contributed by atoms with Crippen LogP contribution in [0.15, 0.2) is 42.5 Å². The van der Waals surface area contributed by atoms with E-state index in [1.54, 1.807) is 62.8 Å². The third-order valence-electron chi connectivity index (χ3n) is 3.41. The molecule has 0 saturated carbocycles. The molecule has 2 rings (SSSR count). The van der Waals surface area contributed by atoms with Crippen molar-refractivity contribution in [3.05, 3.63) is 53.6 Å². The average Bonchev–Trinajstić information content (AvgIpc) is 2.60. The molecule has 0 saturated heterocycles. The molecule has 0 aliphatic carbocycles. The number of carboxylic acids is 1. The number of carbonyl (C=O) groups is 1. The predicted octanol–water partition coefficient (Wildman–Crippen LogP) is 3.73. The second-order valence-corrected chi connectivity index (χ2v) is 4.94. The van der Waals surface area contributed by atoms with Gasteiger partial charge < -0.3 is 19.3 Å². The SMILES string of the molecule is CCOc1cc(/C=C(\C(=O)O)c2cccc(OC)c2)ccc1OC. The number of ether oxygens (including phenoxy) is 3. The smallest absolute Gasteiger partial charge is 0.336 e. The lowest BCUT2D eigenvalue weighted by atomic mass is 10.0. The second-order valence-electron chi connectivity index (χ2n) is 4.94. The van der Waals surface area contributed by atoms with Crippen LogP contribution in [0.3, 0.4) is 0 Å². The van der Waals surface area contributed by atoms with Gasteiger partial charge in [0.25, 0.3) is 0 Å². The maximum atomic E-state index is 11.7. The highest BCUT2D eigenvalue weighted by Crippen LogP contribution is 2.30. The highest BCUT2D eigenvalue weighted by molar-refractivity contribution is 6.20. The summed E-state index contributed by atoms with van der Waals surface area (Å²) >= 11 is 0. The van der Waals surface area contributed by atoms with Gasteiger partial charge in [0.1, 0.15) is 5.75 Å². The van der Waals surface area contributed by atoms with Crippen molar-refractivity contribution in [2.75, 3.05) is 20.8 Å². The molecule has 0 radical (unpaired) electrons. The number of rotatable bonds is 7. The number of aliphatic carboxylic acids is 1. The van der Waals surface area contributed by atoms with Gasteiger partial charge in [0.2, 0.25) is 0 Å². The monoisotopic (exact) mass is 328 g/mol. The van der Waals surface area contributed by atoms with Crippen LogP contribution < -0.4 is 14.2 Å². The van der Waals surface area contributed by atoms with E-state index < -0.39 is 5.97 Å². The van der Waals surface area contributed by atoms with Gasteiger partial charge in [-0.25, -0.2) is 4.79 Å². The topological polar surface area (TPSA) is 65.0 Å². The molecule has 5 nitrogen and oxygen atoms in total. The van der Waals surface area contributed by atoms with Gasteiger partial charge >= 0.3 is 5.97 Å². The van der Waals surface area contributed by atoms with Crippen molar-refractivity contribution < 1.29 is 24.1 Å². The van der Waals surface area contributed by atoms with Gasteiger partial charge in [-0.05, 0) is 48.4 Å². The maximum absolute atomic E-state index is 11.7. The van der Waals surface area contributed by atoms with Crippen molar-refractivity contribution in [1.29, 1.82) is 0 Å². The summed E-state index contributed by atoms with van der Waals surface area (Å²) in [5.74, 6) is 0.762. The van der Waals surface area contributed by atoms with Crippen LogP contribution in [0, 0.1) is 0 Å². The number of carboxylic acid groups (broad SMARTS) is 1. The molecule has 0 spiro atoms. The summed E-state index contributed by atoms with van der Waals surface area (Å²) < 4.78 is 15.9. The molecule has 0 aromatic heterocycles. The lowest BCUT2D eigenvalue weighted by molar-refractivity contribution is -0.130. The second kappa shape index (κ2) is 8.06. The third kappa shape index (κ3) is 4.07. The molecule has 24 heavy (non-hydrogen) atoms. The van der Waals surface area contributed by atoms with Crippen molar-refractivity contribution in [3.8, 4) is 17.2 Å². The summed E-state index contributed by atoms with van der Waals surface area (Å²) in [7, 11) is 3.10.